The summed E-state index contributed by atoms with van der Waals surface area (Å²) in [5, 5.41) is 0. The number of thioether (sulfide) groups is 1. The number of carbonyl (C=O) groups is 1. The predicted octanol–water partition coefficient (Wildman–Crippen LogP) is 2.74. The van der Waals surface area contributed by atoms with E-state index in [1.165, 1.54) is 17.6 Å². The van der Waals surface area contributed by atoms with Crippen LogP contribution >= 0.6 is 23.1 Å². The Morgan fingerprint density at radius 2 is 2.03 bits per heavy atom. The summed E-state index contributed by atoms with van der Waals surface area (Å²) in [6.45, 7) is 0.740. The molecule has 0 aliphatic carbocycles. The number of sulfone groups is 1. The summed E-state index contributed by atoms with van der Waals surface area (Å²) < 4.78 is 37.9. The van der Waals surface area contributed by atoms with Crippen molar-refractivity contribution in [3.63, 3.8) is 0 Å². The highest BCUT2D eigenvalue weighted by Gasteiger charge is 2.27. The summed E-state index contributed by atoms with van der Waals surface area (Å²) >= 11 is 2.97. The van der Waals surface area contributed by atoms with Crippen molar-refractivity contribution < 1.29 is 22.7 Å². The summed E-state index contributed by atoms with van der Waals surface area (Å²) in [4.78, 5) is 17.9. The van der Waals surface area contributed by atoms with Crippen LogP contribution in [0.1, 0.15) is 0 Å². The number of aryl methyl sites for hydroxylation is 1. The second kappa shape index (κ2) is 8.44. The SMILES string of the molecule is CSCCn1c(=NC(=O)C2COc3ccccc3O2)sc2cc(S(C)(=O)=O)ccc21. The molecule has 0 N–H and O–H groups in total. The van der Waals surface area contributed by atoms with Crippen LogP contribution in [0.25, 0.3) is 10.2 Å². The average Bonchev–Trinajstić information content (AvgIpc) is 3.07. The second-order valence-corrected chi connectivity index (χ2v) is 10.8. The minimum Gasteiger partial charge on any atom is -0.485 e. The van der Waals surface area contributed by atoms with Crippen LogP contribution < -0.4 is 14.3 Å². The number of fused-ring (bicyclic) bond motifs is 2. The van der Waals surface area contributed by atoms with Gasteiger partial charge in [-0.25, -0.2) is 8.42 Å². The van der Waals surface area contributed by atoms with E-state index in [2.05, 4.69) is 4.99 Å². The van der Waals surface area contributed by atoms with Crippen LogP contribution in [0.5, 0.6) is 11.5 Å². The van der Waals surface area contributed by atoms with E-state index in [1.54, 1.807) is 42.1 Å². The highest BCUT2D eigenvalue weighted by atomic mass is 32.2. The Hall–Kier alpha value is -2.30. The zero-order valence-electron chi connectivity index (χ0n) is 16.4. The number of ether oxygens (including phenoxy) is 2. The van der Waals surface area contributed by atoms with Gasteiger partial charge in [0.15, 0.2) is 26.1 Å². The Kier molecular flexibility index (Phi) is 5.90. The second-order valence-electron chi connectivity index (χ2n) is 6.75. The largest absolute Gasteiger partial charge is 0.485 e. The fourth-order valence-corrected chi connectivity index (χ4v) is 5.26. The zero-order valence-corrected chi connectivity index (χ0v) is 18.9. The third-order valence-electron chi connectivity index (χ3n) is 4.59. The molecule has 1 aliphatic heterocycles. The Balaban J connectivity index is 1.73. The number of rotatable bonds is 5. The van der Waals surface area contributed by atoms with Crippen molar-refractivity contribution >= 4 is 49.1 Å². The molecule has 0 saturated carbocycles. The van der Waals surface area contributed by atoms with Crippen molar-refractivity contribution in [2.24, 2.45) is 4.99 Å². The quantitative estimate of drug-likeness (QED) is 0.577. The summed E-state index contributed by atoms with van der Waals surface area (Å²) in [6.07, 6.45) is 2.35. The van der Waals surface area contributed by atoms with Gasteiger partial charge in [-0.15, -0.1) is 0 Å². The maximum Gasteiger partial charge on any atom is 0.292 e. The molecule has 4 rings (SSSR count). The van der Waals surface area contributed by atoms with Gasteiger partial charge >= 0.3 is 0 Å². The fraction of sp³-hybridized carbons (Fsp3) is 0.300. The van der Waals surface area contributed by atoms with Crippen LogP contribution in [-0.2, 0) is 21.2 Å². The van der Waals surface area contributed by atoms with Gasteiger partial charge in [0.05, 0.1) is 15.1 Å². The minimum absolute atomic E-state index is 0.0906. The number of aromatic nitrogens is 1. The van der Waals surface area contributed by atoms with Crippen molar-refractivity contribution in [3.8, 4) is 11.5 Å². The van der Waals surface area contributed by atoms with Gasteiger partial charge < -0.3 is 14.0 Å². The summed E-state index contributed by atoms with van der Waals surface area (Å²) in [5.41, 5.74) is 0.846. The number of benzene rings is 2. The predicted molar refractivity (Wildman–Crippen MR) is 118 cm³/mol. The Morgan fingerprint density at radius 3 is 2.77 bits per heavy atom. The molecule has 1 aromatic heterocycles. The molecule has 1 atom stereocenters. The normalized spacial score (nSPS) is 16.7. The Bertz CT molecular complexity index is 1280. The van der Waals surface area contributed by atoms with Crippen molar-refractivity contribution in [1.29, 1.82) is 0 Å². The Morgan fingerprint density at radius 1 is 1.27 bits per heavy atom. The topological polar surface area (TPSA) is 87.0 Å². The molecule has 7 nitrogen and oxygen atoms in total. The number of hydrogen-bond donors (Lipinski definition) is 0. The van der Waals surface area contributed by atoms with E-state index in [4.69, 9.17) is 9.47 Å². The van der Waals surface area contributed by atoms with Gasteiger partial charge in [-0.3, -0.25) is 4.79 Å². The number of nitrogens with zero attached hydrogens (tertiary/aromatic N) is 2. The maximum absolute atomic E-state index is 12.8. The Labute approximate surface area is 182 Å². The number of amides is 1. The lowest BCUT2D eigenvalue weighted by atomic mass is 10.2. The van der Waals surface area contributed by atoms with Gasteiger partial charge in [0.25, 0.3) is 5.91 Å². The lowest BCUT2D eigenvalue weighted by molar-refractivity contribution is -0.127. The zero-order chi connectivity index (χ0) is 21.3. The molecule has 30 heavy (non-hydrogen) atoms. The van der Waals surface area contributed by atoms with E-state index in [-0.39, 0.29) is 11.5 Å². The highest BCUT2D eigenvalue weighted by Crippen LogP contribution is 2.31. The van der Waals surface area contributed by atoms with Crippen LogP contribution in [0.3, 0.4) is 0 Å². The summed E-state index contributed by atoms with van der Waals surface area (Å²) in [6, 6.07) is 12.2. The standard InChI is InChI=1S/C20H20N2O5S3/c1-28-10-9-22-14-8-7-13(30(2,24)25)11-18(14)29-20(22)21-19(23)17-12-26-15-5-3-4-6-16(15)27-17/h3-8,11,17H,9-10,12H2,1-2H3. The average molecular weight is 465 g/mol. The van der Waals surface area contributed by atoms with Gasteiger partial charge in [0.1, 0.15) is 6.61 Å². The first-order chi connectivity index (χ1) is 14.4. The van der Waals surface area contributed by atoms with Gasteiger partial charge in [-0.05, 0) is 36.6 Å². The molecule has 158 valence electrons. The van der Waals surface area contributed by atoms with Gasteiger partial charge in [-0.1, -0.05) is 23.5 Å². The lowest BCUT2D eigenvalue weighted by Gasteiger charge is -2.23. The van der Waals surface area contributed by atoms with Crippen LogP contribution in [-0.4, -0.2) is 49.9 Å². The molecular formula is C20H20N2O5S3. The van der Waals surface area contributed by atoms with Gasteiger partial charge in [0, 0.05) is 18.6 Å². The highest BCUT2D eigenvalue weighted by molar-refractivity contribution is 7.98. The van der Waals surface area contributed by atoms with Crippen molar-refractivity contribution in [1.82, 2.24) is 4.57 Å². The molecule has 0 radical (unpaired) electrons. The molecular weight excluding hydrogens is 444 g/mol. The van der Waals surface area contributed by atoms with Crippen LogP contribution in [0.4, 0.5) is 0 Å². The third-order valence-corrected chi connectivity index (χ3v) is 7.33. The van der Waals surface area contributed by atoms with E-state index < -0.39 is 21.8 Å². The number of thiazole rings is 1. The molecule has 0 bridgehead atoms. The molecule has 10 heteroatoms. The lowest BCUT2D eigenvalue weighted by Crippen LogP contribution is -2.36. The summed E-state index contributed by atoms with van der Waals surface area (Å²) in [5.74, 6) is 1.52. The molecule has 1 aliphatic rings. The molecule has 0 spiro atoms. The molecule has 1 unspecified atom stereocenters. The van der Waals surface area contributed by atoms with E-state index in [1.807, 2.05) is 23.0 Å². The van der Waals surface area contributed by atoms with E-state index in [0.717, 1.165) is 16.0 Å². The number of carbonyl (C=O) groups excluding carboxylic acids is 1. The van der Waals surface area contributed by atoms with Gasteiger partial charge in [0.2, 0.25) is 6.10 Å². The van der Waals surface area contributed by atoms with Crippen molar-refractivity contribution in [2.45, 2.75) is 17.5 Å². The van der Waals surface area contributed by atoms with E-state index >= 15 is 0 Å². The first-order valence-electron chi connectivity index (χ1n) is 9.16. The first kappa shape index (κ1) is 21.0. The van der Waals surface area contributed by atoms with Crippen LogP contribution in [0.2, 0.25) is 0 Å². The molecule has 0 saturated heterocycles. The van der Waals surface area contributed by atoms with Crippen LogP contribution in [0, 0.1) is 0 Å². The number of para-hydroxylation sites is 2. The summed E-state index contributed by atoms with van der Waals surface area (Å²) in [7, 11) is -3.32. The molecule has 2 aromatic carbocycles. The van der Waals surface area contributed by atoms with Crippen molar-refractivity contribution in [3.05, 3.63) is 47.3 Å². The smallest absolute Gasteiger partial charge is 0.292 e. The third kappa shape index (κ3) is 4.26. The van der Waals surface area contributed by atoms with Gasteiger partial charge in [-0.2, -0.15) is 16.8 Å². The van der Waals surface area contributed by atoms with E-state index in [0.29, 0.717) is 22.8 Å². The van der Waals surface area contributed by atoms with Crippen molar-refractivity contribution in [2.75, 3.05) is 24.9 Å². The fourth-order valence-electron chi connectivity index (χ4n) is 3.08. The monoisotopic (exact) mass is 464 g/mol. The van der Waals surface area contributed by atoms with Crippen LogP contribution in [0.15, 0.2) is 52.4 Å². The molecule has 1 amide bonds. The number of hydrogen-bond acceptors (Lipinski definition) is 7. The maximum atomic E-state index is 12.8. The van der Waals surface area contributed by atoms with E-state index in [9.17, 15) is 13.2 Å². The minimum atomic E-state index is -3.32. The molecule has 0 fully saturated rings. The molecule has 3 aromatic rings. The first-order valence-corrected chi connectivity index (χ1v) is 13.3. The molecule has 2 heterocycles.